The van der Waals surface area contributed by atoms with Crippen LogP contribution in [0.15, 0.2) is 78.9 Å². The van der Waals surface area contributed by atoms with Crippen molar-refractivity contribution in [2.45, 2.75) is 12.6 Å². The first-order valence-corrected chi connectivity index (χ1v) is 11.4. The summed E-state index contributed by atoms with van der Waals surface area (Å²) in [6.07, 6.45) is 0. The van der Waals surface area contributed by atoms with Crippen LogP contribution >= 0.6 is 0 Å². The first-order chi connectivity index (χ1) is 17.1. The minimum absolute atomic E-state index is 0.0669. The highest BCUT2D eigenvalue weighted by Crippen LogP contribution is 2.31. The molecule has 0 saturated carbocycles. The fourth-order valence-corrected chi connectivity index (χ4v) is 4.50. The molecule has 1 aliphatic rings. The van der Waals surface area contributed by atoms with Gasteiger partial charge in [-0.1, -0.05) is 48.5 Å². The third-order valence-electron chi connectivity index (χ3n) is 6.28. The Morgan fingerprint density at radius 1 is 0.914 bits per heavy atom. The van der Waals surface area contributed by atoms with Crippen molar-refractivity contribution >= 4 is 11.4 Å². The Labute approximate surface area is 201 Å². The fourth-order valence-electron chi connectivity index (χ4n) is 4.50. The summed E-state index contributed by atoms with van der Waals surface area (Å²) in [5, 5.41) is 23.4. The summed E-state index contributed by atoms with van der Waals surface area (Å²) in [4.78, 5) is 14.9. The Balaban J connectivity index is 1.40. The summed E-state index contributed by atoms with van der Waals surface area (Å²) in [6, 6.07) is 22.7. The molecule has 0 unspecified atom stereocenters. The van der Waals surface area contributed by atoms with Crippen molar-refractivity contribution < 1.29 is 9.31 Å². The summed E-state index contributed by atoms with van der Waals surface area (Å²) in [5.41, 5.74) is 2.57. The molecule has 1 saturated heterocycles. The van der Waals surface area contributed by atoms with E-state index in [1.807, 2.05) is 36.4 Å². The summed E-state index contributed by atoms with van der Waals surface area (Å²) < 4.78 is 16.8. The molecule has 1 aromatic heterocycles. The van der Waals surface area contributed by atoms with Gasteiger partial charge < -0.3 is 4.90 Å². The molecule has 35 heavy (non-hydrogen) atoms. The Hall–Kier alpha value is -4.18. The highest BCUT2D eigenvalue weighted by atomic mass is 19.1. The number of nitro groups is 1. The normalized spacial score (nSPS) is 15.2. The lowest BCUT2D eigenvalue weighted by Crippen LogP contribution is -2.48. The lowest BCUT2D eigenvalue weighted by atomic mass is 10.0. The van der Waals surface area contributed by atoms with Crippen LogP contribution in [0.1, 0.15) is 23.0 Å². The van der Waals surface area contributed by atoms with Crippen LogP contribution in [0.25, 0.3) is 0 Å². The molecule has 0 spiro atoms. The van der Waals surface area contributed by atoms with E-state index < -0.39 is 11.0 Å². The van der Waals surface area contributed by atoms with Crippen LogP contribution < -0.4 is 4.90 Å². The van der Waals surface area contributed by atoms with Gasteiger partial charge >= 0.3 is 0 Å². The van der Waals surface area contributed by atoms with Gasteiger partial charge in [0.15, 0.2) is 5.82 Å². The number of hydrogen-bond acceptors (Lipinski definition) is 7. The van der Waals surface area contributed by atoms with Gasteiger partial charge in [-0.2, -0.15) is 0 Å². The van der Waals surface area contributed by atoms with Gasteiger partial charge in [0.1, 0.15) is 11.9 Å². The van der Waals surface area contributed by atoms with E-state index >= 15 is 4.39 Å². The Morgan fingerprint density at radius 3 is 2.29 bits per heavy atom. The van der Waals surface area contributed by atoms with E-state index in [9.17, 15) is 10.1 Å². The van der Waals surface area contributed by atoms with Crippen LogP contribution in [0.4, 0.5) is 15.8 Å². The molecule has 0 radical (unpaired) electrons. The molecular formula is C25H24FN7O2. The molecule has 1 aliphatic heterocycles. The summed E-state index contributed by atoms with van der Waals surface area (Å²) in [7, 11) is 0. The molecule has 0 bridgehead atoms. The van der Waals surface area contributed by atoms with E-state index in [4.69, 9.17) is 0 Å². The topological polar surface area (TPSA) is 93.2 Å². The van der Waals surface area contributed by atoms with Crippen molar-refractivity contribution in [1.29, 1.82) is 0 Å². The summed E-state index contributed by atoms with van der Waals surface area (Å²) in [6.45, 7) is 3.14. The summed E-state index contributed by atoms with van der Waals surface area (Å²) >= 11 is 0. The standard InChI is InChI=1S/C25H24FN7O2/c26-23-9-5-4-8-22(23)24(25-27-28-29-32(25)18-19-6-2-1-3-7-19)31-16-14-30(15-17-31)20-10-12-21(13-11-20)33(34)35/h1-13,24H,14-18H2/t24-/m1/s1. The molecule has 3 aromatic carbocycles. The van der Waals surface area contributed by atoms with Crippen molar-refractivity contribution in [2.75, 3.05) is 31.1 Å². The number of benzene rings is 3. The molecule has 9 nitrogen and oxygen atoms in total. The zero-order valence-corrected chi connectivity index (χ0v) is 18.9. The first kappa shape index (κ1) is 22.6. The molecule has 0 aliphatic carbocycles. The lowest BCUT2D eigenvalue weighted by molar-refractivity contribution is -0.384. The average Bonchev–Trinajstić information content (AvgIpc) is 3.34. The van der Waals surface area contributed by atoms with Gasteiger partial charge in [-0.05, 0) is 34.2 Å². The molecule has 1 atom stereocenters. The van der Waals surface area contributed by atoms with Crippen molar-refractivity contribution in [3.05, 3.63) is 112 Å². The van der Waals surface area contributed by atoms with Crippen LogP contribution in [-0.2, 0) is 6.54 Å². The smallest absolute Gasteiger partial charge is 0.269 e. The number of nitro benzene ring substituents is 1. The second-order valence-electron chi connectivity index (χ2n) is 8.40. The van der Waals surface area contributed by atoms with Crippen molar-refractivity contribution in [2.24, 2.45) is 0 Å². The lowest BCUT2D eigenvalue weighted by Gasteiger charge is -2.40. The maximum Gasteiger partial charge on any atom is 0.269 e. The molecule has 0 N–H and O–H groups in total. The number of anilines is 1. The Morgan fingerprint density at radius 2 is 1.60 bits per heavy atom. The van der Waals surface area contributed by atoms with Gasteiger partial charge in [0.2, 0.25) is 0 Å². The maximum absolute atomic E-state index is 15.0. The number of piperazine rings is 1. The third-order valence-corrected chi connectivity index (χ3v) is 6.28. The zero-order valence-electron chi connectivity index (χ0n) is 18.9. The van der Waals surface area contributed by atoms with E-state index in [2.05, 4.69) is 25.3 Å². The van der Waals surface area contributed by atoms with Crippen LogP contribution in [0.3, 0.4) is 0 Å². The number of aromatic nitrogens is 4. The minimum atomic E-state index is -0.450. The number of halogens is 1. The van der Waals surface area contributed by atoms with E-state index in [0.29, 0.717) is 44.1 Å². The van der Waals surface area contributed by atoms with Gasteiger partial charge in [0.25, 0.3) is 5.69 Å². The average molecular weight is 474 g/mol. The molecule has 10 heteroatoms. The largest absolute Gasteiger partial charge is 0.369 e. The number of rotatable bonds is 7. The Bertz CT molecular complexity index is 1290. The predicted molar refractivity (Wildman–Crippen MR) is 128 cm³/mol. The third kappa shape index (κ3) is 4.87. The summed E-state index contributed by atoms with van der Waals surface area (Å²) in [5.74, 6) is 0.285. The predicted octanol–water partition coefficient (Wildman–Crippen LogP) is 3.68. The van der Waals surface area contributed by atoms with Crippen molar-refractivity contribution in [3.63, 3.8) is 0 Å². The quantitative estimate of drug-likeness (QED) is 0.299. The van der Waals surface area contributed by atoms with Crippen LogP contribution in [0.5, 0.6) is 0 Å². The SMILES string of the molecule is O=[N+]([O-])c1ccc(N2CCN([C@H](c3ccccc3F)c3nnnn3Cc3ccccc3)CC2)cc1. The molecular weight excluding hydrogens is 449 g/mol. The monoisotopic (exact) mass is 473 g/mol. The van der Waals surface area contributed by atoms with E-state index in [1.165, 1.54) is 18.2 Å². The van der Waals surface area contributed by atoms with Crippen LogP contribution in [0, 0.1) is 15.9 Å². The van der Waals surface area contributed by atoms with Crippen molar-refractivity contribution in [3.8, 4) is 0 Å². The fraction of sp³-hybridized carbons (Fsp3) is 0.240. The van der Waals surface area contributed by atoms with E-state index in [-0.39, 0.29) is 11.5 Å². The van der Waals surface area contributed by atoms with Crippen molar-refractivity contribution in [1.82, 2.24) is 25.1 Å². The number of hydrogen-bond donors (Lipinski definition) is 0. The Kier molecular flexibility index (Phi) is 6.44. The van der Waals surface area contributed by atoms with Crippen LogP contribution in [0.2, 0.25) is 0 Å². The molecule has 178 valence electrons. The highest BCUT2D eigenvalue weighted by molar-refractivity contribution is 5.51. The van der Waals surface area contributed by atoms with Gasteiger partial charge in [-0.3, -0.25) is 15.0 Å². The molecule has 5 rings (SSSR count). The number of non-ortho nitro benzene ring substituents is 1. The molecule has 0 amide bonds. The highest BCUT2D eigenvalue weighted by Gasteiger charge is 2.32. The van der Waals surface area contributed by atoms with Crippen LogP contribution in [-0.4, -0.2) is 56.2 Å². The molecule has 4 aromatic rings. The number of tetrazole rings is 1. The molecule has 2 heterocycles. The van der Waals surface area contributed by atoms with Gasteiger partial charge in [-0.25, -0.2) is 9.07 Å². The van der Waals surface area contributed by atoms with Gasteiger partial charge in [-0.15, -0.1) is 5.10 Å². The first-order valence-electron chi connectivity index (χ1n) is 11.4. The molecule has 1 fully saturated rings. The second-order valence-corrected chi connectivity index (χ2v) is 8.40. The maximum atomic E-state index is 15.0. The minimum Gasteiger partial charge on any atom is -0.369 e. The van der Waals surface area contributed by atoms with Gasteiger partial charge in [0.05, 0.1) is 11.5 Å². The van der Waals surface area contributed by atoms with Gasteiger partial charge in [0, 0.05) is 49.6 Å². The van der Waals surface area contributed by atoms with E-state index in [0.717, 1.165) is 11.3 Å². The van der Waals surface area contributed by atoms with E-state index in [1.54, 1.807) is 28.9 Å². The second kappa shape index (κ2) is 9.98. The zero-order chi connectivity index (χ0) is 24.2. The number of nitrogens with zero attached hydrogens (tertiary/aromatic N) is 7.